The van der Waals surface area contributed by atoms with Gasteiger partial charge in [-0.2, -0.15) is 0 Å². The maximum atomic E-state index is 13.8. The van der Waals surface area contributed by atoms with Gasteiger partial charge in [0, 0.05) is 30.8 Å². The lowest BCUT2D eigenvalue weighted by molar-refractivity contribution is -0.384. The summed E-state index contributed by atoms with van der Waals surface area (Å²) in [6.45, 7) is 3.83. The van der Waals surface area contributed by atoms with Crippen LogP contribution in [0.2, 0.25) is 0 Å². The van der Waals surface area contributed by atoms with Gasteiger partial charge in [-0.1, -0.05) is 44.2 Å². The summed E-state index contributed by atoms with van der Waals surface area (Å²) in [7, 11) is 0. The van der Waals surface area contributed by atoms with Crippen LogP contribution in [0.3, 0.4) is 0 Å². The number of carbonyl (C=O) groups is 2. The molecule has 0 spiro atoms. The Morgan fingerprint density at radius 3 is 2.41 bits per heavy atom. The minimum absolute atomic E-state index is 0.0500. The average molecular weight is 560 g/mol. The molecule has 1 heterocycles. The van der Waals surface area contributed by atoms with Crippen molar-refractivity contribution in [3.8, 4) is 0 Å². The summed E-state index contributed by atoms with van der Waals surface area (Å²) in [4.78, 5) is 53.9. The molecule has 0 aliphatic rings. The highest BCUT2D eigenvalue weighted by molar-refractivity contribution is 5.97. The summed E-state index contributed by atoms with van der Waals surface area (Å²) in [5, 5.41) is 11.6. The third-order valence-corrected chi connectivity index (χ3v) is 6.65. The van der Waals surface area contributed by atoms with Gasteiger partial charge >= 0.3 is 0 Å². The molecule has 0 aliphatic carbocycles. The standard InChI is InChI=1S/C31H30FN3O6/c1-21(2)14-15-33(31(38)23-6-5-7-26(16-23)35(39)40)19-29(36)34(17-22-10-12-25(32)13-11-22)18-24-20-41-28-9-4-3-8-27(28)30(24)37/h3-13,16,20-21H,14-15,17-19H2,1-2H3. The first kappa shape index (κ1) is 29.1. The molecule has 3 aromatic carbocycles. The molecule has 0 saturated heterocycles. The van der Waals surface area contributed by atoms with Crippen LogP contribution in [0.25, 0.3) is 11.0 Å². The van der Waals surface area contributed by atoms with Gasteiger partial charge in [0.1, 0.15) is 17.9 Å². The molecule has 0 atom stereocenters. The fourth-order valence-electron chi connectivity index (χ4n) is 4.34. The van der Waals surface area contributed by atoms with Crippen LogP contribution in [0, 0.1) is 21.8 Å². The van der Waals surface area contributed by atoms with Crippen LogP contribution in [0.5, 0.6) is 0 Å². The van der Waals surface area contributed by atoms with E-state index in [9.17, 15) is 28.9 Å². The Morgan fingerprint density at radius 1 is 0.976 bits per heavy atom. The smallest absolute Gasteiger partial charge is 0.270 e. The van der Waals surface area contributed by atoms with Crippen molar-refractivity contribution in [2.75, 3.05) is 13.1 Å². The van der Waals surface area contributed by atoms with Crippen molar-refractivity contribution in [2.24, 2.45) is 5.92 Å². The van der Waals surface area contributed by atoms with Crippen molar-refractivity contribution in [3.63, 3.8) is 0 Å². The number of para-hydroxylation sites is 1. The number of non-ortho nitro benzene ring substituents is 1. The Morgan fingerprint density at radius 2 is 1.71 bits per heavy atom. The van der Waals surface area contributed by atoms with Gasteiger partial charge in [0.25, 0.3) is 11.6 Å². The number of hydrogen-bond acceptors (Lipinski definition) is 6. The van der Waals surface area contributed by atoms with Crippen LogP contribution in [0.4, 0.5) is 10.1 Å². The lowest BCUT2D eigenvalue weighted by atomic mass is 10.1. The van der Waals surface area contributed by atoms with Crippen molar-refractivity contribution in [3.05, 3.63) is 122 Å². The summed E-state index contributed by atoms with van der Waals surface area (Å²) in [6, 6.07) is 17.8. The van der Waals surface area contributed by atoms with Crippen molar-refractivity contribution in [2.45, 2.75) is 33.4 Å². The van der Waals surface area contributed by atoms with Gasteiger partial charge in [0.05, 0.1) is 28.7 Å². The van der Waals surface area contributed by atoms with Gasteiger partial charge in [-0.25, -0.2) is 4.39 Å². The quantitative estimate of drug-likeness (QED) is 0.176. The van der Waals surface area contributed by atoms with Crippen molar-refractivity contribution < 1.29 is 23.3 Å². The number of nitro groups is 1. The molecule has 0 bridgehead atoms. The summed E-state index contributed by atoms with van der Waals surface area (Å²) < 4.78 is 19.2. The topological polar surface area (TPSA) is 114 Å². The van der Waals surface area contributed by atoms with Gasteiger partial charge in [-0.05, 0) is 48.2 Å². The molecule has 0 aliphatic heterocycles. The lowest BCUT2D eigenvalue weighted by Crippen LogP contribution is -2.43. The van der Waals surface area contributed by atoms with Crippen molar-refractivity contribution in [1.82, 2.24) is 9.80 Å². The zero-order chi connectivity index (χ0) is 29.5. The molecule has 0 saturated carbocycles. The molecule has 1 aromatic heterocycles. The summed E-state index contributed by atoms with van der Waals surface area (Å²) in [6.07, 6.45) is 1.92. The van der Waals surface area contributed by atoms with Crippen LogP contribution < -0.4 is 5.43 Å². The first-order chi connectivity index (χ1) is 19.6. The number of halogens is 1. The molecule has 0 unspecified atom stereocenters. The Balaban J connectivity index is 1.65. The fourth-order valence-corrected chi connectivity index (χ4v) is 4.34. The van der Waals surface area contributed by atoms with E-state index in [0.717, 1.165) is 0 Å². The first-order valence-electron chi connectivity index (χ1n) is 13.2. The van der Waals surface area contributed by atoms with Crippen LogP contribution in [-0.2, 0) is 17.9 Å². The number of hydrogen-bond donors (Lipinski definition) is 0. The number of fused-ring (bicyclic) bond motifs is 1. The molecule has 0 fully saturated rings. The summed E-state index contributed by atoms with van der Waals surface area (Å²) in [5.74, 6) is -1.17. The predicted molar refractivity (Wildman–Crippen MR) is 152 cm³/mol. The maximum absolute atomic E-state index is 13.8. The predicted octanol–water partition coefficient (Wildman–Crippen LogP) is 5.56. The van der Waals surface area contributed by atoms with E-state index in [-0.39, 0.29) is 54.3 Å². The van der Waals surface area contributed by atoms with E-state index in [2.05, 4.69) is 0 Å². The highest BCUT2D eigenvalue weighted by Crippen LogP contribution is 2.18. The fraction of sp³-hybridized carbons (Fsp3) is 0.258. The summed E-state index contributed by atoms with van der Waals surface area (Å²) in [5.41, 5.74) is 0.873. The molecule has 0 N–H and O–H groups in total. The second kappa shape index (κ2) is 13.0. The Hall–Kier alpha value is -4.86. The molecule has 41 heavy (non-hydrogen) atoms. The normalized spacial score (nSPS) is 11.0. The van der Waals surface area contributed by atoms with Gasteiger partial charge in [0.2, 0.25) is 5.91 Å². The molecule has 0 radical (unpaired) electrons. The number of benzene rings is 3. The second-order valence-electron chi connectivity index (χ2n) is 10.2. The van der Waals surface area contributed by atoms with E-state index in [0.29, 0.717) is 23.0 Å². The van der Waals surface area contributed by atoms with Crippen LogP contribution in [0.1, 0.15) is 41.8 Å². The van der Waals surface area contributed by atoms with Crippen LogP contribution in [0.15, 0.2) is 88.3 Å². The number of rotatable bonds is 11. The highest BCUT2D eigenvalue weighted by Gasteiger charge is 2.25. The van der Waals surface area contributed by atoms with Crippen molar-refractivity contribution in [1.29, 1.82) is 0 Å². The highest BCUT2D eigenvalue weighted by atomic mass is 19.1. The average Bonchev–Trinajstić information content (AvgIpc) is 2.96. The monoisotopic (exact) mass is 559 g/mol. The molecule has 4 rings (SSSR count). The van der Waals surface area contributed by atoms with E-state index in [1.54, 1.807) is 36.4 Å². The third-order valence-electron chi connectivity index (χ3n) is 6.65. The molecule has 212 valence electrons. The van der Waals surface area contributed by atoms with E-state index >= 15 is 0 Å². The number of nitro benzene ring substituents is 1. The second-order valence-corrected chi connectivity index (χ2v) is 10.2. The Labute approximate surface area is 236 Å². The minimum Gasteiger partial charge on any atom is -0.464 e. The van der Waals surface area contributed by atoms with E-state index in [4.69, 9.17) is 4.42 Å². The van der Waals surface area contributed by atoms with Gasteiger partial charge in [-0.3, -0.25) is 24.5 Å². The number of amides is 2. The molecule has 4 aromatic rings. The molecular formula is C31H30FN3O6. The van der Waals surface area contributed by atoms with Crippen LogP contribution in [-0.4, -0.2) is 39.6 Å². The molecule has 9 nitrogen and oxygen atoms in total. The summed E-state index contributed by atoms with van der Waals surface area (Å²) >= 11 is 0. The zero-order valence-electron chi connectivity index (χ0n) is 22.8. The Kier molecular flexibility index (Phi) is 9.23. The zero-order valence-corrected chi connectivity index (χ0v) is 22.8. The van der Waals surface area contributed by atoms with E-state index in [1.807, 2.05) is 13.8 Å². The SMILES string of the molecule is CC(C)CCN(CC(=O)N(Cc1ccc(F)cc1)Cc1coc2ccccc2c1=O)C(=O)c1cccc([N+](=O)[O-])c1. The van der Waals surface area contributed by atoms with Crippen molar-refractivity contribution >= 4 is 28.5 Å². The van der Waals surface area contributed by atoms with Crippen LogP contribution >= 0.6 is 0 Å². The maximum Gasteiger partial charge on any atom is 0.270 e. The molecule has 2 amide bonds. The first-order valence-corrected chi connectivity index (χ1v) is 13.2. The van der Waals surface area contributed by atoms with Gasteiger partial charge in [-0.15, -0.1) is 0 Å². The van der Waals surface area contributed by atoms with Gasteiger partial charge < -0.3 is 14.2 Å². The third kappa shape index (κ3) is 7.42. The Bertz CT molecular complexity index is 1620. The largest absolute Gasteiger partial charge is 0.464 e. The molecular weight excluding hydrogens is 529 g/mol. The lowest BCUT2D eigenvalue weighted by Gasteiger charge is -2.28. The van der Waals surface area contributed by atoms with Gasteiger partial charge in [0.15, 0.2) is 5.43 Å². The molecule has 10 heteroatoms. The number of carbonyl (C=O) groups excluding carboxylic acids is 2. The number of nitrogens with zero attached hydrogens (tertiary/aromatic N) is 3. The van der Waals surface area contributed by atoms with E-state index in [1.165, 1.54) is 52.5 Å². The minimum atomic E-state index is -0.583. The van der Waals surface area contributed by atoms with E-state index < -0.39 is 22.6 Å².